The first-order valence-electron chi connectivity index (χ1n) is 8.64. The second-order valence-corrected chi connectivity index (χ2v) is 6.11. The van der Waals surface area contributed by atoms with E-state index in [4.69, 9.17) is 4.74 Å². The maximum atomic E-state index is 13.5. The van der Waals surface area contributed by atoms with Gasteiger partial charge in [-0.3, -0.25) is 10.00 Å². The Balaban J connectivity index is 1.88. The number of carbonyl (C=O) groups excluding carboxylic acids is 1. The molecule has 3 rings (SSSR count). The van der Waals surface area contributed by atoms with Gasteiger partial charge in [0.15, 0.2) is 5.82 Å². The number of aromatic amines is 1. The summed E-state index contributed by atoms with van der Waals surface area (Å²) in [6, 6.07) is 5.67. The van der Waals surface area contributed by atoms with E-state index in [1.807, 2.05) is 0 Å². The van der Waals surface area contributed by atoms with Crippen molar-refractivity contribution in [3.05, 3.63) is 59.2 Å². The van der Waals surface area contributed by atoms with E-state index >= 15 is 0 Å². The Labute approximate surface area is 172 Å². The SMILES string of the molecule is COc1ccc(N(Cc2cc(C(F)F)n[nH]2)C(=O)Nc2ccc(F)c(C(F)F)c2)nn1. The van der Waals surface area contributed by atoms with E-state index in [1.54, 1.807) is 0 Å². The number of nitrogens with zero attached hydrogens (tertiary/aromatic N) is 4. The van der Waals surface area contributed by atoms with Crippen molar-refractivity contribution in [1.82, 2.24) is 20.4 Å². The lowest BCUT2D eigenvalue weighted by Crippen LogP contribution is -2.35. The number of methoxy groups -OCH3 is 1. The largest absolute Gasteiger partial charge is 0.480 e. The molecule has 31 heavy (non-hydrogen) atoms. The average Bonchev–Trinajstić information content (AvgIpc) is 3.22. The van der Waals surface area contributed by atoms with Crippen LogP contribution in [-0.4, -0.2) is 33.5 Å². The first-order valence-corrected chi connectivity index (χ1v) is 8.64. The number of alkyl halides is 4. The van der Waals surface area contributed by atoms with Gasteiger partial charge >= 0.3 is 6.03 Å². The zero-order valence-corrected chi connectivity index (χ0v) is 15.8. The number of rotatable bonds is 7. The van der Waals surface area contributed by atoms with E-state index in [1.165, 1.54) is 19.2 Å². The summed E-state index contributed by atoms with van der Waals surface area (Å²) >= 11 is 0. The van der Waals surface area contributed by atoms with Crippen molar-refractivity contribution in [1.29, 1.82) is 0 Å². The van der Waals surface area contributed by atoms with Gasteiger partial charge in [-0.05, 0) is 30.3 Å². The van der Waals surface area contributed by atoms with Crippen LogP contribution in [-0.2, 0) is 6.54 Å². The molecule has 2 amide bonds. The Morgan fingerprint density at radius 2 is 1.90 bits per heavy atom. The van der Waals surface area contributed by atoms with Crippen LogP contribution in [0.5, 0.6) is 5.88 Å². The number of nitrogens with one attached hydrogen (secondary N) is 2. The van der Waals surface area contributed by atoms with E-state index in [9.17, 15) is 26.7 Å². The molecule has 0 spiro atoms. The Kier molecular flexibility index (Phi) is 6.62. The molecular weight excluding hydrogens is 427 g/mol. The second kappa shape index (κ2) is 9.36. The van der Waals surface area contributed by atoms with Crippen molar-refractivity contribution in [2.75, 3.05) is 17.3 Å². The van der Waals surface area contributed by atoms with E-state index in [2.05, 4.69) is 25.7 Å². The lowest BCUT2D eigenvalue weighted by Gasteiger charge is -2.21. The molecule has 0 saturated carbocycles. The number of ether oxygens (including phenoxy) is 1. The highest BCUT2D eigenvalue weighted by atomic mass is 19.3. The number of urea groups is 1. The first kappa shape index (κ1) is 21.9. The smallest absolute Gasteiger partial charge is 0.327 e. The van der Waals surface area contributed by atoms with Gasteiger partial charge in [0.25, 0.3) is 12.9 Å². The summed E-state index contributed by atoms with van der Waals surface area (Å²) in [4.78, 5) is 13.8. The molecule has 0 saturated heterocycles. The van der Waals surface area contributed by atoms with Crippen LogP contribution < -0.4 is 15.0 Å². The van der Waals surface area contributed by atoms with Crippen LogP contribution in [0.4, 0.5) is 38.3 Å². The lowest BCUT2D eigenvalue weighted by molar-refractivity contribution is 0.145. The predicted molar refractivity (Wildman–Crippen MR) is 98.7 cm³/mol. The van der Waals surface area contributed by atoms with Crippen LogP contribution in [0.25, 0.3) is 0 Å². The van der Waals surface area contributed by atoms with Crippen LogP contribution in [0.15, 0.2) is 36.4 Å². The van der Waals surface area contributed by atoms with Crippen LogP contribution in [0, 0.1) is 5.82 Å². The van der Waals surface area contributed by atoms with Crippen molar-refractivity contribution >= 4 is 17.5 Å². The Morgan fingerprint density at radius 3 is 2.48 bits per heavy atom. The van der Waals surface area contributed by atoms with Crippen LogP contribution in [0.3, 0.4) is 0 Å². The van der Waals surface area contributed by atoms with Gasteiger partial charge in [0.05, 0.1) is 24.9 Å². The number of aromatic nitrogens is 4. The summed E-state index contributed by atoms with van der Waals surface area (Å²) in [5, 5.41) is 15.8. The molecule has 3 aromatic rings. The topological polar surface area (TPSA) is 96.0 Å². The Hall–Kier alpha value is -3.77. The van der Waals surface area contributed by atoms with Crippen molar-refractivity contribution < 1.29 is 31.5 Å². The third kappa shape index (κ3) is 5.24. The quantitative estimate of drug-likeness (QED) is 0.527. The van der Waals surface area contributed by atoms with Crippen molar-refractivity contribution in [3.8, 4) is 5.88 Å². The maximum Gasteiger partial charge on any atom is 0.327 e. The highest BCUT2D eigenvalue weighted by Gasteiger charge is 2.22. The third-order valence-corrected chi connectivity index (χ3v) is 4.04. The number of halogens is 5. The van der Waals surface area contributed by atoms with E-state index in [-0.39, 0.29) is 29.6 Å². The fourth-order valence-corrected chi connectivity index (χ4v) is 2.54. The molecule has 0 aliphatic heterocycles. The fraction of sp³-hybridized carbons (Fsp3) is 0.222. The third-order valence-electron chi connectivity index (χ3n) is 4.04. The van der Waals surface area contributed by atoms with Crippen LogP contribution >= 0.6 is 0 Å². The molecule has 1 aromatic carbocycles. The predicted octanol–water partition coefficient (Wildman–Crippen LogP) is 4.46. The molecule has 0 radical (unpaired) electrons. The van der Waals surface area contributed by atoms with Gasteiger partial charge in [-0.25, -0.2) is 26.7 Å². The summed E-state index contributed by atoms with van der Waals surface area (Å²) < 4.78 is 69.9. The number of benzene rings is 1. The second-order valence-electron chi connectivity index (χ2n) is 6.11. The minimum absolute atomic E-state index is 0.00249. The van der Waals surface area contributed by atoms with Crippen LogP contribution in [0.1, 0.15) is 29.8 Å². The number of H-pyrrole nitrogens is 1. The maximum absolute atomic E-state index is 13.5. The van der Waals surface area contributed by atoms with Crippen molar-refractivity contribution in [2.24, 2.45) is 0 Å². The zero-order valence-electron chi connectivity index (χ0n) is 15.8. The van der Waals surface area contributed by atoms with Gasteiger partial charge in [0, 0.05) is 11.8 Å². The molecule has 2 N–H and O–H groups in total. The molecule has 0 fully saturated rings. The summed E-state index contributed by atoms with van der Waals surface area (Å²) in [5.74, 6) is -0.962. The average molecular weight is 442 g/mol. The highest BCUT2D eigenvalue weighted by Crippen LogP contribution is 2.26. The molecule has 13 heteroatoms. The van der Waals surface area contributed by atoms with Crippen molar-refractivity contribution in [3.63, 3.8) is 0 Å². The molecule has 0 bridgehead atoms. The molecule has 2 aromatic heterocycles. The first-order chi connectivity index (χ1) is 14.8. The van der Waals surface area contributed by atoms with Gasteiger partial charge in [0.1, 0.15) is 11.5 Å². The van der Waals surface area contributed by atoms with Gasteiger partial charge in [0.2, 0.25) is 5.88 Å². The lowest BCUT2D eigenvalue weighted by atomic mass is 10.2. The molecule has 2 heterocycles. The van der Waals surface area contributed by atoms with Gasteiger partial charge in [-0.15, -0.1) is 10.2 Å². The van der Waals surface area contributed by atoms with E-state index in [0.29, 0.717) is 0 Å². The molecular formula is C18H15F5N6O2. The minimum atomic E-state index is -3.09. The molecule has 0 atom stereocenters. The number of amides is 2. The van der Waals surface area contributed by atoms with E-state index in [0.717, 1.165) is 29.2 Å². The highest BCUT2D eigenvalue weighted by molar-refractivity contribution is 6.01. The number of carbonyl (C=O) groups is 1. The fourth-order valence-electron chi connectivity index (χ4n) is 2.54. The van der Waals surface area contributed by atoms with E-state index < -0.39 is 36.0 Å². The summed E-state index contributed by atoms with van der Waals surface area (Å²) in [6.07, 6.45) is -5.90. The monoisotopic (exact) mass is 442 g/mol. The van der Waals surface area contributed by atoms with Gasteiger partial charge < -0.3 is 10.1 Å². The van der Waals surface area contributed by atoms with Crippen LogP contribution in [0.2, 0.25) is 0 Å². The van der Waals surface area contributed by atoms with Gasteiger partial charge in [-0.2, -0.15) is 5.10 Å². The Bertz CT molecular complexity index is 1040. The Morgan fingerprint density at radius 1 is 1.13 bits per heavy atom. The number of hydrogen-bond donors (Lipinski definition) is 2. The molecule has 0 aliphatic rings. The zero-order chi connectivity index (χ0) is 22.5. The standard InChI is InChI=1S/C18H15F5N6O2/c1-31-15-5-4-14(27-28-15)29(8-10-7-13(17(22)23)26-25-10)18(30)24-9-2-3-12(19)11(6-9)16(20)21/h2-7,16-17H,8H2,1H3,(H,24,30)(H,25,26). The summed E-state index contributed by atoms with van der Waals surface area (Å²) in [5.41, 5.74) is -1.36. The number of anilines is 2. The number of hydrogen-bond acceptors (Lipinski definition) is 5. The van der Waals surface area contributed by atoms with Crippen molar-refractivity contribution in [2.45, 2.75) is 19.4 Å². The van der Waals surface area contributed by atoms with Gasteiger partial charge in [-0.1, -0.05) is 0 Å². The summed E-state index contributed by atoms with van der Waals surface area (Å²) in [7, 11) is 1.36. The normalized spacial score (nSPS) is 11.1. The molecule has 0 aliphatic carbocycles. The summed E-state index contributed by atoms with van der Waals surface area (Å²) in [6.45, 7) is -0.282. The minimum Gasteiger partial charge on any atom is -0.480 e. The molecule has 164 valence electrons. The molecule has 8 nitrogen and oxygen atoms in total. The molecule has 0 unspecified atom stereocenters.